The Bertz CT molecular complexity index is 1260. The monoisotopic (exact) mass is 439 g/mol. The Labute approximate surface area is 164 Å². The molecule has 15 heteroatoms. The van der Waals surface area contributed by atoms with Crippen molar-refractivity contribution in [2.24, 2.45) is 25.6 Å². The van der Waals surface area contributed by atoms with Crippen molar-refractivity contribution in [3.63, 3.8) is 0 Å². The second-order valence-electron chi connectivity index (χ2n) is 5.28. The quantitative estimate of drug-likeness (QED) is 0.144. The zero-order chi connectivity index (χ0) is 21.8. The van der Waals surface area contributed by atoms with Crippen LogP contribution in [-0.4, -0.2) is 32.9 Å². The van der Waals surface area contributed by atoms with Crippen molar-refractivity contribution in [3.8, 4) is 17.6 Å². The molecule has 0 aliphatic heterocycles. The molecule has 0 saturated heterocycles. The van der Waals surface area contributed by atoms with E-state index in [1.54, 1.807) is 6.07 Å². The Hall–Kier alpha value is -3.58. The number of anilines is 1. The van der Waals surface area contributed by atoms with Gasteiger partial charge in [0.2, 0.25) is 20.0 Å². The lowest BCUT2D eigenvalue weighted by atomic mass is 10.3. The van der Waals surface area contributed by atoms with E-state index in [1.165, 1.54) is 0 Å². The molecule has 29 heavy (non-hydrogen) atoms. The number of phenolic OH excluding ortho intramolecular Hbond substituents is 2. The molecule has 7 N–H and O–H groups in total. The Morgan fingerprint density at radius 1 is 0.966 bits per heavy atom. The average Bonchev–Trinajstić information content (AvgIpc) is 2.62. The van der Waals surface area contributed by atoms with Gasteiger partial charge >= 0.3 is 0 Å². The average molecular weight is 439 g/mol. The van der Waals surface area contributed by atoms with Gasteiger partial charge in [-0.05, 0) is 36.4 Å². The lowest BCUT2D eigenvalue weighted by Crippen LogP contribution is -2.12. The fourth-order valence-electron chi connectivity index (χ4n) is 1.83. The number of hydrazone groups is 1. The number of nitriles is 1. The van der Waals surface area contributed by atoms with E-state index in [2.05, 4.69) is 20.8 Å². The highest BCUT2D eigenvalue weighted by Gasteiger charge is 2.12. The standard InChI is InChI=1S/C14H13N7O6S2/c15-7-14(20-18-10-5-8(28(16,24)25)1-3-12(10)22)21-19-11-6-9(29(17,26)27)2-4-13(11)23/h1-6,18,22-23H,(H2,16,24,25)(H2,17,26,27)/b20-14+,21-19+. The number of nitrogens with one attached hydrogen (secondary N) is 1. The van der Waals surface area contributed by atoms with Crippen molar-refractivity contribution in [3.05, 3.63) is 36.4 Å². The van der Waals surface area contributed by atoms with Crippen molar-refractivity contribution in [1.29, 1.82) is 5.26 Å². The molecule has 0 radical (unpaired) electrons. The number of nitrogens with zero attached hydrogens (tertiary/aromatic N) is 4. The third-order valence-corrected chi connectivity index (χ3v) is 5.03. The van der Waals surface area contributed by atoms with E-state index >= 15 is 0 Å². The number of nitrogens with two attached hydrogens (primary N) is 2. The van der Waals surface area contributed by atoms with Gasteiger partial charge in [0.25, 0.3) is 5.84 Å². The van der Waals surface area contributed by atoms with E-state index < -0.39 is 37.4 Å². The van der Waals surface area contributed by atoms with Crippen LogP contribution in [0.4, 0.5) is 11.4 Å². The van der Waals surface area contributed by atoms with Crippen LogP contribution in [0.5, 0.6) is 11.5 Å². The minimum atomic E-state index is -4.06. The second-order valence-corrected chi connectivity index (χ2v) is 8.40. The fraction of sp³-hybridized carbons (Fsp3) is 0. The lowest BCUT2D eigenvalue weighted by Gasteiger charge is -2.05. The van der Waals surface area contributed by atoms with Gasteiger partial charge in [0.05, 0.1) is 15.5 Å². The molecule has 0 bridgehead atoms. The molecule has 2 rings (SSSR count). The highest BCUT2D eigenvalue weighted by molar-refractivity contribution is 7.89. The number of aromatic hydroxyl groups is 2. The molecule has 0 unspecified atom stereocenters. The molecule has 0 atom stereocenters. The summed E-state index contributed by atoms with van der Waals surface area (Å²) in [4.78, 5) is -0.666. The van der Waals surface area contributed by atoms with E-state index in [0.717, 1.165) is 36.4 Å². The molecule has 0 aromatic heterocycles. The van der Waals surface area contributed by atoms with Gasteiger partial charge in [0.15, 0.2) is 0 Å². The molecule has 0 saturated carbocycles. The Balaban J connectivity index is 2.32. The second kappa shape index (κ2) is 8.20. The van der Waals surface area contributed by atoms with Crippen LogP contribution in [-0.2, 0) is 20.0 Å². The van der Waals surface area contributed by atoms with Crippen LogP contribution in [0.2, 0.25) is 0 Å². The minimum absolute atomic E-state index is 0.196. The van der Waals surface area contributed by atoms with Crippen molar-refractivity contribution >= 4 is 37.3 Å². The predicted octanol–water partition coefficient (Wildman–Crippen LogP) is 0.425. The van der Waals surface area contributed by atoms with E-state index in [4.69, 9.17) is 15.5 Å². The van der Waals surface area contributed by atoms with Crippen LogP contribution in [0.15, 0.2) is 61.5 Å². The summed E-state index contributed by atoms with van der Waals surface area (Å²) in [5.74, 6) is -1.44. The van der Waals surface area contributed by atoms with Crippen molar-refractivity contribution in [2.75, 3.05) is 5.43 Å². The number of hydrogen-bond donors (Lipinski definition) is 5. The first-order valence-electron chi connectivity index (χ1n) is 7.29. The third-order valence-electron chi connectivity index (χ3n) is 3.21. The maximum atomic E-state index is 11.4. The summed E-state index contributed by atoms with van der Waals surface area (Å²) in [5, 5.41) is 49.0. The molecule has 2 aromatic rings. The van der Waals surface area contributed by atoms with Gasteiger partial charge < -0.3 is 10.2 Å². The molecule has 0 aliphatic carbocycles. The van der Waals surface area contributed by atoms with E-state index in [1.807, 2.05) is 0 Å². The zero-order valence-electron chi connectivity index (χ0n) is 14.3. The van der Waals surface area contributed by atoms with Gasteiger partial charge in [-0.15, -0.1) is 15.3 Å². The molecule has 13 nitrogen and oxygen atoms in total. The minimum Gasteiger partial charge on any atom is -0.506 e. The summed E-state index contributed by atoms with van der Waals surface area (Å²) >= 11 is 0. The topological polar surface area (TPSA) is 234 Å². The Kier molecular flexibility index (Phi) is 6.14. The van der Waals surface area contributed by atoms with E-state index in [0.29, 0.717) is 0 Å². The number of phenols is 2. The van der Waals surface area contributed by atoms with Crippen molar-refractivity contribution in [1.82, 2.24) is 0 Å². The number of sulfonamides is 2. The summed E-state index contributed by atoms with van der Waals surface area (Å²) in [6.45, 7) is 0. The zero-order valence-corrected chi connectivity index (χ0v) is 15.9. The molecule has 0 fully saturated rings. The highest BCUT2D eigenvalue weighted by atomic mass is 32.2. The van der Waals surface area contributed by atoms with E-state index in [-0.39, 0.29) is 21.2 Å². The SMILES string of the molecule is N#CC(/N=N/c1cc(S(N)(=O)=O)ccc1O)=N\Nc1cc(S(N)(=O)=O)ccc1O. The van der Waals surface area contributed by atoms with Gasteiger partial charge in [-0.25, -0.2) is 27.1 Å². The molecular formula is C14H13N7O6S2. The largest absolute Gasteiger partial charge is 0.506 e. The van der Waals surface area contributed by atoms with Crippen molar-refractivity contribution < 1.29 is 27.0 Å². The number of azo groups is 1. The van der Waals surface area contributed by atoms with Crippen LogP contribution in [0.3, 0.4) is 0 Å². The maximum absolute atomic E-state index is 11.4. The van der Waals surface area contributed by atoms with Crippen LogP contribution in [0, 0.1) is 11.3 Å². The predicted molar refractivity (Wildman–Crippen MR) is 100 cm³/mol. The van der Waals surface area contributed by atoms with Gasteiger partial charge in [0, 0.05) is 0 Å². The van der Waals surface area contributed by atoms with Gasteiger partial charge in [0.1, 0.15) is 23.3 Å². The Morgan fingerprint density at radius 2 is 1.52 bits per heavy atom. The Morgan fingerprint density at radius 3 is 2.07 bits per heavy atom. The first kappa shape index (κ1) is 21.7. The summed E-state index contributed by atoms with van der Waals surface area (Å²) < 4.78 is 45.4. The van der Waals surface area contributed by atoms with Crippen LogP contribution < -0.4 is 15.7 Å². The molecule has 152 valence electrons. The lowest BCUT2D eigenvalue weighted by molar-refractivity contribution is 0.475. The molecule has 2 aromatic carbocycles. The number of amidine groups is 1. The first-order valence-corrected chi connectivity index (χ1v) is 10.4. The summed E-state index contributed by atoms with van der Waals surface area (Å²) in [6, 6.07) is 7.62. The summed E-state index contributed by atoms with van der Waals surface area (Å²) in [6.07, 6.45) is 0. The normalized spacial score (nSPS) is 12.7. The van der Waals surface area contributed by atoms with E-state index in [9.17, 15) is 27.0 Å². The molecule has 0 amide bonds. The smallest absolute Gasteiger partial charge is 0.270 e. The highest BCUT2D eigenvalue weighted by Crippen LogP contribution is 2.29. The van der Waals surface area contributed by atoms with Crippen LogP contribution in [0.1, 0.15) is 0 Å². The molecule has 0 aliphatic rings. The molecule has 0 heterocycles. The molecular weight excluding hydrogens is 426 g/mol. The van der Waals surface area contributed by atoms with Crippen LogP contribution in [0.25, 0.3) is 0 Å². The van der Waals surface area contributed by atoms with Crippen molar-refractivity contribution in [2.45, 2.75) is 9.79 Å². The van der Waals surface area contributed by atoms with Gasteiger partial charge in [-0.2, -0.15) is 5.26 Å². The number of hydrogen-bond acceptors (Lipinski definition) is 10. The summed E-state index contributed by atoms with van der Waals surface area (Å²) in [7, 11) is -8.11. The summed E-state index contributed by atoms with van der Waals surface area (Å²) in [5.41, 5.74) is 1.72. The number of benzene rings is 2. The number of primary sulfonamides is 2. The first-order chi connectivity index (χ1) is 13.4. The fourth-order valence-corrected chi connectivity index (χ4v) is 2.90. The van der Waals surface area contributed by atoms with Crippen LogP contribution >= 0.6 is 0 Å². The van der Waals surface area contributed by atoms with Gasteiger partial charge in [-0.1, -0.05) is 0 Å². The number of rotatable bonds is 5. The molecule has 0 spiro atoms. The van der Waals surface area contributed by atoms with Gasteiger partial charge in [-0.3, -0.25) is 5.43 Å². The maximum Gasteiger partial charge on any atom is 0.270 e. The third kappa shape index (κ3) is 5.70.